The number of ether oxygens (including phenoxy) is 1. The number of rotatable bonds is 5. The highest BCUT2D eigenvalue weighted by atomic mass is 127. The number of nitrogens with one attached hydrogen (secondary N) is 2. The van der Waals surface area contributed by atoms with Gasteiger partial charge in [-0.05, 0) is 6.42 Å². The molecule has 2 aromatic heterocycles. The van der Waals surface area contributed by atoms with Crippen molar-refractivity contribution in [2.24, 2.45) is 12.0 Å². The van der Waals surface area contributed by atoms with Gasteiger partial charge in [-0.25, -0.2) is 9.67 Å². The Bertz CT molecular complexity index is 848. The number of alkyl halides is 3. The lowest BCUT2D eigenvalue weighted by Crippen LogP contribution is -2.46. The first-order valence-corrected chi connectivity index (χ1v) is 8.78. The van der Waals surface area contributed by atoms with Gasteiger partial charge >= 0.3 is 6.18 Å². The third-order valence-electron chi connectivity index (χ3n) is 4.36. The molecule has 0 fully saturated rings. The molecule has 2 aromatic rings. The summed E-state index contributed by atoms with van der Waals surface area (Å²) in [7, 11) is 4.62. The Hall–Kier alpha value is -1.90. The fourth-order valence-corrected chi connectivity index (χ4v) is 3.14. The summed E-state index contributed by atoms with van der Waals surface area (Å²) in [5, 5.41) is 14.1. The number of nitrogens with zero attached hydrogens (tertiary/aromatic N) is 6. The molecule has 2 N–H and O–H groups in total. The van der Waals surface area contributed by atoms with Gasteiger partial charge in [-0.3, -0.25) is 9.67 Å². The molecule has 1 aliphatic rings. The molecule has 3 rings (SSSR count). The van der Waals surface area contributed by atoms with Crippen molar-refractivity contribution in [1.82, 2.24) is 35.2 Å². The van der Waals surface area contributed by atoms with Gasteiger partial charge in [0.1, 0.15) is 12.4 Å². The smallest absolute Gasteiger partial charge is 0.377 e. The van der Waals surface area contributed by atoms with Crippen molar-refractivity contribution in [3.05, 3.63) is 29.1 Å². The zero-order valence-electron chi connectivity index (χ0n) is 16.3. The Labute approximate surface area is 183 Å². The highest BCUT2D eigenvalue weighted by Crippen LogP contribution is 2.30. The van der Waals surface area contributed by atoms with Gasteiger partial charge < -0.3 is 15.4 Å². The molecular formula is C16H24F3IN8O. The monoisotopic (exact) mass is 528 g/mol. The van der Waals surface area contributed by atoms with Crippen LogP contribution in [0.1, 0.15) is 29.3 Å². The minimum atomic E-state index is -4.50. The molecule has 3 heterocycles. The van der Waals surface area contributed by atoms with Crippen molar-refractivity contribution in [1.29, 1.82) is 0 Å². The van der Waals surface area contributed by atoms with Crippen molar-refractivity contribution in [2.75, 3.05) is 14.2 Å². The van der Waals surface area contributed by atoms with Crippen LogP contribution >= 0.6 is 24.0 Å². The third-order valence-corrected chi connectivity index (χ3v) is 4.36. The summed E-state index contributed by atoms with van der Waals surface area (Å²) in [6.07, 6.45) is -1.59. The maximum Gasteiger partial charge on any atom is 0.435 e. The van der Waals surface area contributed by atoms with Crippen LogP contribution in [-0.4, -0.2) is 50.7 Å². The lowest BCUT2D eigenvalue weighted by Gasteiger charge is -2.25. The Kier molecular flexibility index (Phi) is 7.85. The van der Waals surface area contributed by atoms with Gasteiger partial charge in [-0.2, -0.15) is 23.4 Å². The minimum absolute atomic E-state index is 0. The number of aryl methyl sites for hydroxylation is 2. The largest absolute Gasteiger partial charge is 0.435 e. The predicted molar refractivity (Wildman–Crippen MR) is 110 cm³/mol. The molecule has 0 spiro atoms. The Morgan fingerprint density at radius 2 is 2.14 bits per heavy atom. The van der Waals surface area contributed by atoms with E-state index >= 15 is 0 Å². The molecule has 162 valence electrons. The molecule has 1 atom stereocenters. The molecule has 29 heavy (non-hydrogen) atoms. The Morgan fingerprint density at radius 3 is 2.79 bits per heavy atom. The summed E-state index contributed by atoms with van der Waals surface area (Å²) in [5.74, 6) is 1.96. The van der Waals surface area contributed by atoms with Gasteiger partial charge in [0.05, 0.1) is 6.54 Å². The zero-order chi connectivity index (χ0) is 20.3. The first kappa shape index (κ1) is 23.4. The lowest BCUT2D eigenvalue weighted by atomic mass is 10.1. The fourth-order valence-electron chi connectivity index (χ4n) is 3.14. The van der Waals surface area contributed by atoms with E-state index in [9.17, 15) is 13.2 Å². The van der Waals surface area contributed by atoms with E-state index in [0.717, 1.165) is 23.3 Å². The second-order valence-electron chi connectivity index (χ2n) is 6.54. The summed E-state index contributed by atoms with van der Waals surface area (Å²) in [6, 6.07) is 0.0341. The van der Waals surface area contributed by atoms with E-state index < -0.39 is 11.9 Å². The van der Waals surface area contributed by atoms with Crippen LogP contribution in [0, 0.1) is 0 Å². The average Bonchev–Trinajstić information content (AvgIpc) is 3.20. The normalized spacial score (nSPS) is 16.9. The summed E-state index contributed by atoms with van der Waals surface area (Å²) < 4.78 is 47.2. The maximum atomic E-state index is 13.1. The summed E-state index contributed by atoms with van der Waals surface area (Å²) in [5.41, 5.74) is -0.835. The fraction of sp³-hybridized carbons (Fsp3) is 0.625. The molecule has 0 saturated carbocycles. The summed E-state index contributed by atoms with van der Waals surface area (Å²) in [4.78, 5) is 8.53. The molecule has 0 aliphatic carbocycles. The van der Waals surface area contributed by atoms with Crippen LogP contribution in [-0.2, 0) is 44.1 Å². The second kappa shape index (κ2) is 9.73. The van der Waals surface area contributed by atoms with Crippen LogP contribution in [0.2, 0.25) is 0 Å². The van der Waals surface area contributed by atoms with E-state index in [1.165, 1.54) is 13.2 Å². The van der Waals surface area contributed by atoms with E-state index in [0.29, 0.717) is 24.9 Å². The number of aliphatic imine (C=N–C) groups is 1. The number of aromatic nitrogens is 5. The van der Waals surface area contributed by atoms with E-state index in [4.69, 9.17) is 4.74 Å². The molecule has 0 saturated heterocycles. The number of methoxy groups -OCH3 is 1. The average molecular weight is 528 g/mol. The van der Waals surface area contributed by atoms with Gasteiger partial charge in [0.25, 0.3) is 0 Å². The molecule has 1 unspecified atom stereocenters. The Balaban J connectivity index is 0.00000300. The SMILES string of the molecule is CN=C(NCc1cn(C)nc1C(F)(F)F)NC1CCc2nc(COC)nn2C1.I. The van der Waals surface area contributed by atoms with Crippen molar-refractivity contribution in [3.8, 4) is 0 Å². The molecule has 13 heteroatoms. The molecule has 0 bridgehead atoms. The number of hydrogen-bond donors (Lipinski definition) is 2. The van der Waals surface area contributed by atoms with Crippen molar-refractivity contribution < 1.29 is 17.9 Å². The zero-order valence-corrected chi connectivity index (χ0v) is 18.7. The molecule has 0 aromatic carbocycles. The highest BCUT2D eigenvalue weighted by molar-refractivity contribution is 14.0. The van der Waals surface area contributed by atoms with Crippen LogP contribution in [0.5, 0.6) is 0 Å². The number of hydrogen-bond acceptors (Lipinski definition) is 5. The van der Waals surface area contributed by atoms with E-state index in [1.54, 1.807) is 14.2 Å². The Morgan fingerprint density at radius 1 is 1.38 bits per heavy atom. The number of guanidine groups is 1. The van der Waals surface area contributed by atoms with E-state index in [1.807, 2.05) is 4.68 Å². The van der Waals surface area contributed by atoms with Gasteiger partial charge in [0, 0.05) is 52.0 Å². The van der Waals surface area contributed by atoms with Crippen molar-refractivity contribution >= 4 is 29.9 Å². The van der Waals surface area contributed by atoms with Crippen LogP contribution < -0.4 is 10.6 Å². The third kappa shape index (κ3) is 5.81. The number of halogens is 4. The number of fused-ring (bicyclic) bond motifs is 1. The maximum absolute atomic E-state index is 13.1. The molecule has 0 radical (unpaired) electrons. The first-order chi connectivity index (χ1) is 13.3. The molecule has 1 aliphatic heterocycles. The van der Waals surface area contributed by atoms with Crippen molar-refractivity contribution in [2.45, 2.75) is 44.8 Å². The predicted octanol–water partition coefficient (Wildman–Crippen LogP) is 1.47. The van der Waals surface area contributed by atoms with Gasteiger partial charge in [0.2, 0.25) is 0 Å². The van der Waals surface area contributed by atoms with Crippen LogP contribution in [0.4, 0.5) is 13.2 Å². The van der Waals surface area contributed by atoms with Crippen LogP contribution in [0.3, 0.4) is 0 Å². The molecule has 9 nitrogen and oxygen atoms in total. The second-order valence-corrected chi connectivity index (χ2v) is 6.54. The van der Waals surface area contributed by atoms with Gasteiger partial charge in [0.15, 0.2) is 17.5 Å². The van der Waals surface area contributed by atoms with Crippen LogP contribution in [0.15, 0.2) is 11.2 Å². The van der Waals surface area contributed by atoms with E-state index in [2.05, 4.69) is 30.8 Å². The van der Waals surface area contributed by atoms with Crippen LogP contribution in [0.25, 0.3) is 0 Å². The standard InChI is InChI=1S/C16H23F3N8O.HI/c1-20-15(21-6-10-7-26(2)25-14(10)16(17,18)19)22-11-4-5-13-23-12(9-28-3)24-27(13)8-11;/h7,11H,4-6,8-9H2,1-3H3,(H2,20,21,22);1H. The lowest BCUT2D eigenvalue weighted by molar-refractivity contribution is -0.142. The van der Waals surface area contributed by atoms with E-state index in [-0.39, 0.29) is 42.1 Å². The molecular weight excluding hydrogens is 504 g/mol. The first-order valence-electron chi connectivity index (χ1n) is 8.78. The quantitative estimate of drug-likeness (QED) is 0.347. The minimum Gasteiger partial charge on any atom is -0.377 e. The van der Waals surface area contributed by atoms with Gasteiger partial charge in [-0.1, -0.05) is 0 Å². The topological polar surface area (TPSA) is 94.2 Å². The van der Waals surface area contributed by atoms with Crippen molar-refractivity contribution in [3.63, 3.8) is 0 Å². The highest BCUT2D eigenvalue weighted by Gasteiger charge is 2.36. The van der Waals surface area contributed by atoms with Gasteiger partial charge in [-0.15, -0.1) is 24.0 Å². The summed E-state index contributed by atoms with van der Waals surface area (Å²) in [6.45, 7) is 0.906. The molecule has 0 amide bonds. The summed E-state index contributed by atoms with van der Waals surface area (Å²) >= 11 is 0.